The maximum absolute atomic E-state index is 13.0. The molecule has 4 N–H and O–H groups in total. The number of nitrogens with zero attached hydrogens (tertiary/aromatic N) is 5. The van der Waals surface area contributed by atoms with Crippen molar-refractivity contribution in [3.8, 4) is 0 Å². The fourth-order valence-corrected chi connectivity index (χ4v) is 3.02. The third kappa shape index (κ3) is 4.22. The molecular formula is C16H14ClF4N7O. The average Bonchev–Trinajstić information content (AvgIpc) is 2.66. The summed E-state index contributed by atoms with van der Waals surface area (Å²) in [5.41, 5.74) is 4.98. The van der Waals surface area contributed by atoms with E-state index < -0.39 is 28.5 Å². The Labute approximate surface area is 166 Å². The molecule has 13 heteroatoms. The van der Waals surface area contributed by atoms with Crippen LogP contribution in [0.1, 0.15) is 22.3 Å². The van der Waals surface area contributed by atoms with Crippen LogP contribution in [0.4, 0.5) is 23.5 Å². The molecule has 0 fully saturated rings. The number of halogens is 5. The number of amides is 1. The zero-order valence-electron chi connectivity index (χ0n) is 14.6. The van der Waals surface area contributed by atoms with Crippen LogP contribution in [0.5, 0.6) is 0 Å². The molecule has 0 atom stereocenters. The Balaban J connectivity index is 1.82. The quantitative estimate of drug-likeness (QED) is 0.434. The van der Waals surface area contributed by atoms with Crippen LogP contribution in [0.15, 0.2) is 36.2 Å². The zero-order valence-corrected chi connectivity index (χ0v) is 15.4. The number of pyridine rings is 1. The van der Waals surface area contributed by atoms with Gasteiger partial charge in [0.1, 0.15) is 0 Å². The van der Waals surface area contributed by atoms with E-state index in [0.29, 0.717) is 11.9 Å². The van der Waals surface area contributed by atoms with Gasteiger partial charge in [-0.2, -0.15) is 13.2 Å². The predicted octanol–water partition coefficient (Wildman–Crippen LogP) is 2.08. The molecular weight excluding hydrogens is 418 g/mol. The smallest absolute Gasteiger partial charge is 0.399 e. The fourth-order valence-electron chi connectivity index (χ4n) is 2.74. The number of alkyl halides is 3. The standard InChI is InChI=1S/C16H14ClF4N7O/c17-13-9(5-24-6-10(13)16(19,20)21)14(29)27-2-1-12(11(22)7-27)28(23)15-25-3-8(18)4-26-15/h3-6H,1-2,7,22-23H2. The Morgan fingerprint density at radius 3 is 2.45 bits per heavy atom. The van der Waals surface area contributed by atoms with Gasteiger partial charge in [0.2, 0.25) is 5.95 Å². The van der Waals surface area contributed by atoms with Crippen LogP contribution in [-0.4, -0.2) is 38.8 Å². The third-order valence-electron chi connectivity index (χ3n) is 4.17. The van der Waals surface area contributed by atoms with Gasteiger partial charge in [-0.3, -0.25) is 9.78 Å². The van der Waals surface area contributed by atoms with Crippen LogP contribution in [0.25, 0.3) is 0 Å². The summed E-state index contributed by atoms with van der Waals surface area (Å²) in [4.78, 5) is 24.9. The maximum atomic E-state index is 13.0. The monoisotopic (exact) mass is 431 g/mol. The van der Waals surface area contributed by atoms with Gasteiger partial charge in [-0.1, -0.05) is 11.6 Å². The molecule has 1 aliphatic rings. The molecule has 0 unspecified atom stereocenters. The Hall–Kier alpha value is -2.99. The van der Waals surface area contributed by atoms with Crippen molar-refractivity contribution in [3.05, 3.63) is 58.1 Å². The van der Waals surface area contributed by atoms with E-state index in [1.807, 2.05) is 0 Å². The first-order valence-corrected chi connectivity index (χ1v) is 8.47. The number of rotatable bonds is 3. The molecule has 2 aromatic heterocycles. The molecule has 0 bridgehead atoms. The van der Waals surface area contributed by atoms with E-state index in [2.05, 4.69) is 15.0 Å². The van der Waals surface area contributed by atoms with Crippen molar-refractivity contribution in [1.82, 2.24) is 19.9 Å². The Morgan fingerprint density at radius 2 is 1.86 bits per heavy atom. The summed E-state index contributed by atoms with van der Waals surface area (Å²) in [6.07, 6.45) is -1.20. The Bertz CT molecular complexity index is 965. The fraction of sp³-hybridized carbons (Fsp3) is 0.250. The molecule has 0 saturated heterocycles. The number of hydrogen-bond acceptors (Lipinski definition) is 7. The Morgan fingerprint density at radius 1 is 1.21 bits per heavy atom. The van der Waals surface area contributed by atoms with Gasteiger partial charge in [0.25, 0.3) is 5.91 Å². The lowest BCUT2D eigenvalue weighted by molar-refractivity contribution is -0.137. The van der Waals surface area contributed by atoms with Crippen molar-refractivity contribution < 1.29 is 22.4 Å². The number of anilines is 1. The molecule has 154 valence electrons. The number of nitrogens with two attached hydrogens (primary N) is 2. The minimum Gasteiger partial charge on any atom is -0.399 e. The molecule has 1 aliphatic heterocycles. The van der Waals surface area contributed by atoms with E-state index in [4.69, 9.17) is 23.2 Å². The van der Waals surface area contributed by atoms with Crippen molar-refractivity contribution in [3.63, 3.8) is 0 Å². The van der Waals surface area contributed by atoms with Gasteiger partial charge in [-0.25, -0.2) is 25.2 Å². The summed E-state index contributed by atoms with van der Waals surface area (Å²) < 4.78 is 51.9. The molecule has 3 heterocycles. The van der Waals surface area contributed by atoms with Crippen molar-refractivity contribution in [2.75, 3.05) is 18.1 Å². The van der Waals surface area contributed by atoms with Crippen LogP contribution in [0.3, 0.4) is 0 Å². The molecule has 3 rings (SSSR count). The first-order valence-electron chi connectivity index (χ1n) is 8.09. The highest BCUT2D eigenvalue weighted by atomic mass is 35.5. The van der Waals surface area contributed by atoms with E-state index in [-0.39, 0.29) is 36.7 Å². The normalized spacial score (nSPS) is 14.9. The highest BCUT2D eigenvalue weighted by molar-refractivity contribution is 6.34. The van der Waals surface area contributed by atoms with Crippen LogP contribution < -0.4 is 16.6 Å². The molecule has 0 radical (unpaired) electrons. The molecule has 0 aliphatic carbocycles. The van der Waals surface area contributed by atoms with Gasteiger partial charge in [0.15, 0.2) is 5.82 Å². The second kappa shape index (κ2) is 7.79. The lowest BCUT2D eigenvalue weighted by Crippen LogP contribution is -2.44. The van der Waals surface area contributed by atoms with Crippen LogP contribution in [-0.2, 0) is 6.18 Å². The SMILES string of the molecule is NC1=C(N(N)c2ncc(F)cn2)CCN(C(=O)c2cncc(C(F)(F)F)c2Cl)C1. The second-order valence-corrected chi connectivity index (χ2v) is 6.44. The summed E-state index contributed by atoms with van der Waals surface area (Å²) in [7, 11) is 0. The van der Waals surface area contributed by atoms with E-state index in [1.54, 1.807) is 0 Å². The van der Waals surface area contributed by atoms with Crippen LogP contribution in [0, 0.1) is 5.82 Å². The average molecular weight is 432 g/mol. The van der Waals surface area contributed by atoms with Crippen molar-refractivity contribution in [2.45, 2.75) is 12.6 Å². The Kier molecular flexibility index (Phi) is 5.57. The highest BCUT2D eigenvalue weighted by Crippen LogP contribution is 2.36. The van der Waals surface area contributed by atoms with E-state index in [1.165, 1.54) is 4.90 Å². The lowest BCUT2D eigenvalue weighted by Gasteiger charge is -2.32. The van der Waals surface area contributed by atoms with E-state index in [0.717, 1.165) is 23.6 Å². The molecule has 1 amide bonds. The van der Waals surface area contributed by atoms with Crippen molar-refractivity contribution in [1.29, 1.82) is 0 Å². The third-order valence-corrected chi connectivity index (χ3v) is 4.57. The van der Waals surface area contributed by atoms with Gasteiger partial charge in [0.05, 0.1) is 40.8 Å². The van der Waals surface area contributed by atoms with Crippen molar-refractivity contribution in [2.24, 2.45) is 11.6 Å². The minimum absolute atomic E-state index is 0.00532. The van der Waals surface area contributed by atoms with Gasteiger partial charge in [0, 0.05) is 31.1 Å². The number of hydrogen-bond donors (Lipinski definition) is 2. The first kappa shape index (κ1) is 20.7. The molecule has 8 nitrogen and oxygen atoms in total. The topological polar surface area (TPSA) is 114 Å². The molecule has 0 aromatic carbocycles. The first-order chi connectivity index (χ1) is 13.6. The van der Waals surface area contributed by atoms with E-state index in [9.17, 15) is 22.4 Å². The van der Waals surface area contributed by atoms with Gasteiger partial charge in [-0.05, 0) is 0 Å². The molecule has 29 heavy (non-hydrogen) atoms. The summed E-state index contributed by atoms with van der Waals surface area (Å²) in [6, 6.07) is 0. The predicted molar refractivity (Wildman–Crippen MR) is 94.6 cm³/mol. The second-order valence-electron chi connectivity index (χ2n) is 6.07. The summed E-state index contributed by atoms with van der Waals surface area (Å²) in [5, 5.41) is 0.334. The largest absolute Gasteiger partial charge is 0.419 e. The number of carbonyl (C=O) groups excluding carboxylic acids is 1. The molecule has 2 aromatic rings. The van der Waals surface area contributed by atoms with E-state index >= 15 is 0 Å². The summed E-state index contributed by atoms with van der Waals surface area (Å²) in [6.45, 7) is -0.0219. The minimum atomic E-state index is -4.75. The zero-order chi connectivity index (χ0) is 21.3. The lowest BCUT2D eigenvalue weighted by atomic mass is 10.1. The van der Waals surface area contributed by atoms with Gasteiger partial charge < -0.3 is 10.6 Å². The summed E-state index contributed by atoms with van der Waals surface area (Å²) >= 11 is 5.79. The summed E-state index contributed by atoms with van der Waals surface area (Å²) in [5.74, 6) is 4.52. The number of carbonyl (C=O) groups is 1. The number of hydrazine groups is 1. The molecule has 0 spiro atoms. The van der Waals surface area contributed by atoms with Gasteiger partial charge >= 0.3 is 6.18 Å². The molecule has 0 saturated carbocycles. The van der Waals surface area contributed by atoms with Crippen LogP contribution in [0.2, 0.25) is 5.02 Å². The highest BCUT2D eigenvalue weighted by Gasteiger charge is 2.36. The van der Waals surface area contributed by atoms with Gasteiger partial charge in [-0.15, -0.1) is 0 Å². The maximum Gasteiger partial charge on any atom is 0.419 e. The van der Waals surface area contributed by atoms with Crippen LogP contribution >= 0.6 is 11.6 Å². The number of aromatic nitrogens is 3. The van der Waals surface area contributed by atoms with Crippen molar-refractivity contribution >= 4 is 23.5 Å².